The Kier molecular flexibility index (Phi) is 3.92. The smallest absolute Gasteiger partial charge is 0.251 e. The van der Waals surface area contributed by atoms with E-state index < -0.39 is 0 Å². The summed E-state index contributed by atoms with van der Waals surface area (Å²) in [6.45, 7) is 4.33. The number of hydrogen-bond donors (Lipinski definition) is 1. The molecule has 114 valence electrons. The average Bonchev–Trinajstić information content (AvgIpc) is 3.01. The van der Waals surface area contributed by atoms with Crippen LogP contribution in [0.15, 0.2) is 48.5 Å². The lowest BCUT2D eigenvalue weighted by atomic mass is 10.0. The molecule has 0 unspecified atom stereocenters. The highest BCUT2D eigenvalue weighted by Crippen LogP contribution is 2.58. The monoisotopic (exact) mass is 333 g/mol. The first-order valence-electron chi connectivity index (χ1n) is 7.21. The highest BCUT2D eigenvalue weighted by molar-refractivity contribution is 6.30. The van der Waals surface area contributed by atoms with E-state index in [4.69, 9.17) is 23.2 Å². The minimum atomic E-state index is -0.0637. The van der Waals surface area contributed by atoms with Gasteiger partial charge in [0.25, 0.3) is 5.91 Å². The molecule has 0 saturated heterocycles. The van der Waals surface area contributed by atoms with Crippen LogP contribution in [0.5, 0.6) is 0 Å². The molecule has 22 heavy (non-hydrogen) atoms. The Bertz CT molecular complexity index is 692. The first-order chi connectivity index (χ1) is 10.4. The maximum absolute atomic E-state index is 12.3. The molecule has 0 heterocycles. The molecule has 1 aliphatic rings. The Morgan fingerprint density at radius 2 is 1.45 bits per heavy atom. The summed E-state index contributed by atoms with van der Waals surface area (Å²) in [6.07, 6.45) is 0. The van der Waals surface area contributed by atoms with Gasteiger partial charge in [-0.1, -0.05) is 49.2 Å². The lowest BCUT2D eigenvalue weighted by Crippen LogP contribution is -2.28. The van der Waals surface area contributed by atoms with E-state index >= 15 is 0 Å². The number of amides is 1. The Morgan fingerprint density at radius 1 is 0.955 bits per heavy atom. The van der Waals surface area contributed by atoms with Crippen LogP contribution in [-0.2, 0) is 0 Å². The lowest BCUT2D eigenvalue weighted by molar-refractivity contribution is 0.0946. The van der Waals surface area contributed by atoms with Crippen molar-refractivity contribution in [3.63, 3.8) is 0 Å². The SMILES string of the molecule is CC1(C)[C@H](NC(=O)c2ccc(Cl)cc2)[C@H]1c1ccc(Cl)cc1. The summed E-state index contributed by atoms with van der Waals surface area (Å²) in [6, 6.07) is 14.9. The first kappa shape index (κ1) is 15.4. The molecular weight excluding hydrogens is 317 g/mol. The molecule has 0 spiro atoms. The molecule has 0 aromatic heterocycles. The van der Waals surface area contributed by atoms with E-state index in [1.807, 2.05) is 24.3 Å². The third kappa shape index (κ3) is 2.86. The fourth-order valence-corrected chi connectivity index (χ4v) is 3.28. The minimum Gasteiger partial charge on any atom is -0.348 e. The standard InChI is InChI=1S/C18H17Cl2NO/c1-18(2)15(11-3-7-13(19)8-4-11)16(18)21-17(22)12-5-9-14(20)10-6-12/h3-10,15-16H,1-2H3,(H,21,22)/t15-,16-/m1/s1. The quantitative estimate of drug-likeness (QED) is 0.848. The van der Waals surface area contributed by atoms with Crippen LogP contribution in [0.3, 0.4) is 0 Å². The molecule has 3 rings (SSSR count). The summed E-state index contributed by atoms with van der Waals surface area (Å²) in [5.74, 6) is 0.243. The van der Waals surface area contributed by atoms with Crippen molar-refractivity contribution in [1.29, 1.82) is 0 Å². The van der Waals surface area contributed by atoms with Crippen molar-refractivity contribution >= 4 is 29.1 Å². The highest BCUT2D eigenvalue weighted by Gasteiger charge is 2.59. The molecule has 2 nitrogen and oxygen atoms in total. The fraction of sp³-hybridized carbons (Fsp3) is 0.278. The molecule has 1 fully saturated rings. The molecule has 0 aliphatic heterocycles. The summed E-state index contributed by atoms with van der Waals surface area (Å²) in [4.78, 5) is 12.3. The maximum Gasteiger partial charge on any atom is 0.251 e. The Balaban J connectivity index is 1.74. The van der Waals surface area contributed by atoms with Gasteiger partial charge >= 0.3 is 0 Å². The Hall–Kier alpha value is -1.51. The second kappa shape index (κ2) is 5.60. The van der Waals surface area contributed by atoms with Crippen molar-refractivity contribution < 1.29 is 4.79 Å². The highest BCUT2D eigenvalue weighted by atomic mass is 35.5. The third-order valence-electron chi connectivity index (χ3n) is 4.45. The predicted molar refractivity (Wildman–Crippen MR) is 90.7 cm³/mol. The maximum atomic E-state index is 12.3. The fourth-order valence-electron chi connectivity index (χ4n) is 3.03. The van der Waals surface area contributed by atoms with E-state index in [2.05, 4.69) is 19.2 Å². The number of hydrogen-bond acceptors (Lipinski definition) is 1. The van der Waals surface area contributed by atoms with Crippen molar-refractivity contribution in [2.75, 3.05) is 0 Å². The van der Waals surface area contributed by atoms with Crippen molar-refractivity contribution in [2.45, 2.75) is 25.8 Å². The zero-order valence-electron chi connectivity index (χ0n) is 12.4. The molecule has 4 heteroatoms. The summed E-state index contributed by atoms with van der Waals surface area (Å²) < 4.78 is 0. The summed E-state index contributed by atoms with van der Waals surface area (Å²) in [5.41, 5.74) is 1.87. The molecule has 1 amide bonds. The number of nitrogens with one attached hydrogen (secondary N) is 1. The van der Waals surface area contributed by atoms with Gasteiger partial charge < -0.3 is 5.32 Å². The van der Waals surface area contributed by atoms with Gasteiger partial charge in [0.2, 0.25) is 0 Å². The van der Waals surface area contributed by atoms with Gasteiger partial charge in [0, 0.05) is 27.6 Å². The van der Waals surface area contributed by atoms with Crippen LogP contribution >= 0.6 is 23.2 Å². The molecule has 1 N–H and O–H groups in total. The van der Waals surface area contributed by atoms with Crippen LogP contribution in [0.1, 0.15) is 35.7 Å². The zero-order valence-corrected chi connectivity index (χ0v) is 13.9. The molecule has 1 saturated carbocycles. The topological polar surface area (TPSA) is 29.1 Å². The third-order valence-corrected chi connectivity index (χ3v) is 4.95. The number of carbonyl (C=O) groups excluding carboxylic acids is 1. The second-order valence-electron chi connectivity index (χ2n) is 6.31. The number of carbonyl (C=O) groups is 1. The van der Waals surface area contributed by atoms with E-state index in [0.717, 1.165) is 5.02 Å². The van der Waals surface area contributed by atoms with E-state index in [1.165, 1.54) is 5.56 Å². The van der Waals surface area contributed by atoms with Crippen LogP contribution in [0.2, 0.25) is 10.0 Å². The van der Waals surface area contributed by atoms with Gasteiger partial charge in [0.05, 0.1) is 0 Å². The normalized spacial score (nSPS) is 22.2. The van der Waals surface area contributed by atoms with Crippen LogP contribution in [0.4, 0.5) is 0 Å². The Labute approximate surface area is 140 Å². The summed E-state index contributed by atoms with van der Waals surface area (Å²) in [7, 11) is 0. The van der Waals surface area contributed by atoms with E-state index in [9.17, 15) is 4.79 Å². The Morgan fingerprint density at radius 3 is 2.00 bits per heavy atom. The molecule has 0 radical (unpaired) electrons. The molecule has 2 aromatic carbocycles. The largest absolute Gasteiger partial charge is 0.348 e. The van der Waals surface area contributed by atoms with Crippen LogP contribution in [-0.4, -0.2) is 11.9 Å². The van der Waals surface area contributed by atoms with Crippen LogP contribution < -0.4 is 5.32 Å². The predicted octanol–water partition coefficient (Wildman–Crippen LogP) is 4.92. The van der Waals surface area contributed by atoms with Gasteiger partial charge in [0.1, 0.15) is 0 Å². The van der Waals surface area contributed by atoms with Gasteiger partial charge in [-0.3, -0.25) is 4.79 Å². The minimum absolute atomic E-state index is 0.0376. The summed E-state index contributed by atoms with van der Waals surface area (Å²) in [5, 5.41) is 4.48. The van der Waals surface area contributed by atoms with Crippen molar-refractivity contribution in [3.05, 3.63) is 69.7 Å². The van der Waals surface area contributed by atoms with Crippen molar-refractivity contribution in [2.24, 2.45) is 5.41 Å². The molecule has 0 bridgehead atoms. The number of rotatable bonds is 3. The zero-order chi connectivity index (χ0) is 15.9. The molecule has 2 aromatic rings. The van der Waals surface area contributed by atoms with Crippen LogP contribution in [0.25, 0.3) is 0 Å². The van der Waals surface area contributed by atoms with Crippen LogP contribution in [0, 0.1) is 5.41 Å². The second-order valence-corrected chi connectivity index (χ2v) is 7.18. The van der Waals surface area contributed by atoms with E-state index in [0.29, 0.717) is 16.5 Å². The molecule has 2 atom stereocenters. The van der Waals surface area contributed by atoms with Gasteiger partial charge in [0.15, 0.2) is 0 Å². The van der Waals surface area contributed by atoms with Crippen molar-refractivity contribution in [1.82, 2.24) is 5.32 Å². The van der Waals surface area contributed by atoms with E-state index in [-0.39, 0.29) is 17.4 Å². The van der Waals surface area contributed by atoms with Gasteiger partial charge in [-0.2, -0.15) is 0 Å². The average molecular weight is 334 g/mol. The lowest BCUT2D eigenvalue weighted by Gasteiger charge is -2.06. The van der Waals surface area contributed by atoms with Gasteiger partial charge in [-0.15, -0.1) is 0 Å². The summed E-state index contributed by atoms with van der Waals surface area (Å²) >= 11 is 11.8. The molecule has 1 aliphatic carbocycles. The van der Waals surface area contributed by atoms with Crippen molar-refractivity contribution in [3.8, 4) is 0 Å². The number of halogens is 2. The molecular formula is C18H17Cl2NO. The van der Waals surface area contributed by atoms with E-state index in [1.54, 1.807) is 24.3 Å². The van der Waals surface area contributed by atoms with Gasteiger partial charge in [-0.05, 0) is 47.4 Å². The number of benzene rings is 2. The van der Waals surface area contributed by atoms with Gasteiger partial charge in [-0.25, -0.2) is 0 Å². The first-order valence-corrected chi connectivity index (χ1v) is 7.97.